The van der Waals surface area contributed by atoms with Crippen molar-refractivity contribution < 1.29 is 0 Å². The fourth-order valence-electron chi connectivity index (χ4n) is 1.88. The summed E-state index contributed by atoms with van der Waals surface area (Å²) in [6.45, 7) is 7.79. The Kier molecular flexibility index (Phi) is 6.64. The van der Waals surface area contributed by atoms with E-state index in [1.54, 1.807) is 0 Å². The molecule has 0 radical (unpaired) electrons. The van der Waals surface area contributed by atoms with Gasteiger partial charge in [-0.1, -0.05) is 62.8 Å². The largest absolute Gasteiger partial charge is 0.311 e. The number of rotatable bonds is 7. The molecule has 1 aromatic carbocycles. The molecule has 0 aliphatic heterocycles. The Bertz CT molecular complexity index is 316. The van der Waals surface area contributed by atoms with Crippen molar-refractivity contribution >= 4 is 6.08 Å². The number of nitrogens with one attached hydrogen (secondary N) is 1. The van der Waals surface area contributed by atoms with E-state index in [0.29, 0.717) is 6.04 Å². The fourth-order valence-corrected chi connectivity index (χ4v) is 1.88. The molecule has 0 bridgehead atoms. The van der Waals surface area contributed by atoms with Crippen molar-refractivity contribution in [1.82, 2.24) is 5.32 Å². The SMILES string of the molecule is CCC(C)CC(C)NCC=Cc1ccccc1. The van der Waals surface area contributed by atoms with Gasteiger partial charge in [-0.25, -0.2) is 0 Å². The van der Waals surface area contributed by atoms with Crippen molar-refractivity contribution in [2.45, 2.75) is 39.7 Å². The van der Waals surface area contributed by atoms with E-state index in [2.05, 4.69) is 62.5 Å². The highest BCUT2D eigenvalue weighted by molar-refractivity contribution is 5.48. The molecule has 0 aromatic heterocycles. The molecule has 2 unspecified atom stereocenters. The Hall–Kier alpha value is -1.08. The van der Waals surface area contributed by atoms with Crippen molar-refractivity contribution in [1.29, 1.82) is 0 Å². The first-order valence-corrected chi connectivity index (χ1v) is 6.67. The van der Waals surface area contributed by atoms with E-state index in [1.165, 1.54) is 18.4 Å². The average molecular weight is 231 g/mol. The highest BCUT2D eigenvalue weighted by atomic mass is 14.9. The first-order valence-electron chi connectivity index (χ1n) is 6.67. The number of hydrogen-bond acceptors (Lipinski definition) is 1. The van der Waals surface area contributed by atoms with Crippen LogP contribution in [0, 0.1) is 5.92 Å². The minimum atomic E-state index is 0.602. The molecule has 1 N–H and O–H groups in total. The van der Waals surface area contributed by atoms with E-state index >= 15 is 0 Å². The molecule has 1 heteroatoms. The molecular formula is C16H25N. The summed E-state index contributed by atoms with van der Waals surface area (Å²) in [5.41, 5.74) is 1.27. The summed E-state index contributed by atoms with van der Waals surface area (Å²) in [6, 6.07) is 11.0. The Morgan fingerprint density at radius 3 is 2.53 bits per heavy atom. The van der Waals surface area contributed by atoms with Gasteiger partial charge in [0.2, 0.25) is 0 Å². The molecule has 0 aliphatic carbocycles. The van der Waals surface area contributed by atoms with Gasteiger partial charge in [0.15, 0.2) is 0 Å². The Morgan fingerprint density at radius 2 is 1.88 bits per heavy atom. The van der Waals surface area contributed by atoms with Gasteiger partial charge in [-0.05, 0) is 24.8 Å². The van der Waals surface area contributed by atoms with Gasteiger partial charge in [0.05, 0.1) is 0 Å². The molecule has 94 valence electrons. The molecule has 0 amide bonds. The van der Waals surface area contributed by atoms with Gasteiger partial charge in [0, 0.05) is 12.6 Å². The van der Waals surface area contributed by atoms with Gasteiger partial charge in [-0.2, -0.15) is 0 Å². The van der Waals surface area contributed by atoms with Crippen LogP contribution in [0.15, 0.2) is 36.4 Å². The van der Waals surface area contributed by atoms with E-state index in [-0.39, 0.29) is 0 Å². The predicted octanol–water partition coefficient (Wildman–Crippen LogP) is 4.11. The second-order valence-corrected chi connectivity index (χ2v) is 4.87. The molecule has 1 nitrogen and oxygen atoms in total. The van der Waals surface area contributed by atoms with Crippen LogP contribution in [0.4, 0.5) is 0 Å². The molecule has 1 rings (SSSR count). The van der Waals surface area contributed by atoms with E-state index in [0.717, 1.165) is 12.5 Å². The summed E-state index contributed by atoms with van der Waals surface area (Å²) >= 11 is 0. The lowest BCUT2D eigenvalue weighted by Crippen LogP contribution is -2.27. The highest BCUT2D eigenvalue weighted by Crippen LogP contribution is 2.09. The molecule has 0 saturated carbocycles. The molecule has 1 aromatic rings. The van der Waals surface area contributed by atoms with Gasteiger partial charge < -0.3 is 5.32 Å². The molecular weight excluding hydrogens is 206 g/mol. The number of benzene rings is 1. The third-order valence-corrected chi connectivity index (χ3v) is 3.15. The van der Waals surface area contributed by atoms with Crippen LogP contribution >= 0.6 is 0 Å². The smallest absolute Gasteiger partial charge is 0.0140 e. The van der Waals surface area contributed by atoms with Gasteiger partial charge >= 0.3 is 0 Å². The van der Waals surface area contributed by atoms with Crippen molar-refractivity contribution in [3.63, 3.8) is 0 Å². The molecule has 2 atom stereocenters. The maximum absolute atomic E-state index is 3.53. The Balaban J connectivity index is 2.21. The van der Waals surface area contributed by atoms with Crippen LogP contribution in [0.25, 0.3) is 6.08 Å². The monoisotopic (exact) mass is 231 g/mol. The van der Waals surface area contributed by atoms with E-state index in [1.807, 2.05) is 6.07 Å². The van der Waals surface area contributed by atoms with Crippen LogP contribution in [0.5, 0.6) is 0 Å². The minimum absolute atomic E-state index is 0.602. The first-order chi connectivity index (χ1) is 8.22. The normalized spacial score (nSPS) is 15.0. The first kappa shape index (κ1) is 14.0. The zero-order valence-electron chi connectivity index (χ0n) is 11.3. The van der Waals surface area contributed by atoms with Gasteiger partial charge in [0.1, 0.15) is 0 Å². The minimum Gasteiger partial charge on any atom is -0.311 e. The summed E-state index contributed by atoms with van der Waals surface area (Å²) in [5, 5.41) is 3.53. The summed E-state index contributed by atoms with van der Waals surface area (Å²) in [6.07, 6.45) is 6.90. The standard InChI is InChI=1S/C16H25N/c1-4-14(2)13-15(3)17-12-8-11-16-9-6-5-7-10-16/h5-11,14-15,17H,4,12-13H2,1-3H3. The van der Waals surface area contributed by atoms with Crippen LogP contribution < -0.4 is 5.32 Å². The van der Waals surface area contributed by atoms with E-state index in [9.17, 15) is 0 Å². The van der Waals surface area contributed by atoms with Gasteiger partial charge in [0.25, 0.3) is 0 Å². The predicted molar refractivity (Wildman–Crippen MR) is 77.0 cm³/mol. The lowest BCUT2D eigenvalue weighted by molar-refractivity contribution is 0.424. The third-order valence-electron chi connectivity index (χ3n) is 3.15. The van der Waals surface area contributed by atoms with Gasteiger partial charge in [-0.15, -0.1) is 0 Å². The van der Waals surface area contributed by atoms with Crippen LogP contribution in [-0.4, -0.2) is 12.6 Å². The van der Waals surface area contributed by atoms with Crippen LogP contribution in [0.2, 0.25) is 0 Å². The molecule has 0 fully saturated rings. The molecule has 0 heterocycles. The van der Waals surface area contributed by atoms with Crippen molar-refractivity contribution in [3.8, 4) is 0 Å². The Morgan fingerprint density at radius 1 is 1.18 bits per heavy atom. The van der Waals surface area contributed by atoms with E-state index in [4.69, 9.17) is 0 Å². The highest BCUT2D eigenvalue weighted by Gasteiger charge is 2.04. The summed E-state index contributed by atoms with van der Waals surface area (Å²) in [4.78, 5) is 0. The van der Waals surface area contributed by atoms with Crippen molar-refractivity contribution in [2.75, 3.05) is 6.54 Å². The van der Waals surface area contributed by atoms with Gasteiger partial charge in [-0.3, -0.25) is 0 Å². The lowest BCUT2D eigenvalue weighted by Gasteiger charge is -2.16. The van der Waals surface area contributed by atoms with Crippen LogP contribution in [0.1, 0.15) is 39.2 Å². The number of hydrogen-bond donors (Lipinski definition) is 1. The maximum atomic E-state index is 3.53. The Labute approximate surface area is 106 Å². The molecule has 0 aliphatic rings. The third kappa shape index (κ3) is 6.28. The zero-order valence-corrected chi connectivity index (χ0v) is 11.3. The summed E-state index contributed by atoms with van der Waals surface area (Å²) < 4.78 is 0. The topological polar surface area (TPSA) is 12.0 Å². The van der Waals surface area contributed by atoms with Crippen LogP contribution in [0.3, 0.4) is 0 Å². The average Bonchev–Trinajstić information content (AvgIpc) is 2.36. The molecule has 17 heavy (non-hydrogen) atoms. The summed E-state index contributed by atoms with van der Waals surface area (Å²) in [5.74, 6) is 0.815. The maximum Gasteiger partial charge on any atom is 0.0140 e. The van der Waals surface area contributed by atoms with Crippen LogP contribution in [-0.2, 0) is 0 Å². The summed E-state index contributed by atoms with van der Waals surface area (Å²) in [7, 11) is 0. The lowest BCUT2D eigenvalue weighted by atomic mass is 10.0. The van der Waals surface area contributed by atoms with Crippen molar-refractivity contribution in [3.05, 3.63) is 42.0 Å². The zero-order chi connectivity index (χ0) is 12.5. The second kappa shape index (κ2) is 8.08. The molecule has 0 saturated heterocycles. The van der Waals surface area contributed by atoms with E-state index < -0.39 is 0 Å². The second-order valence-electron chi connectivity index (χ2n) is 4.87. The fraction of sp³-hybridized carbons (Fsp3) is 0.500. The quantitative estimate of drug-likeness (QED) is 0.744. The molecule has 0 spiro atoms. The van der Waals surface area contributed by atoms with Crippen molar-refractivity contribution in [2.24, 2.45) is 5.92 Å².